The zero-order chi connectivity index (χ0) is 14.4. The van der Waals surface area contributed by atoms with Crippen LogP contribution >= 0.6 is 7.14 Å². The zero-order valence-corrected chi connectivity index (χ0v) is 12.4. The fourth-order valence-corrected chi connectivity index (χ4v) is 5.99. The lowest BCUT2D eigenvalue weighted by Crippen LogP contribution is -2.16. The molecule has 0 saturated carbocycles. The van der Waals surface area contributed by atoms with Gasteiger partial charge in [-0.15, -0.1) is 0 Å². The van der Waals surface area contributed by atoms with E-state index in [4.69, 9.17) is 0 Å². The molecule has 1 N–H and O–H groups in total. The van der Waals surface area contributed by atoms with E-state index in [1.54, 1.807) is 12.1 Å². The Morgan fingerprint density at radius 1 is 1.10 bits per heavy atom. The molecule has 3 aromatic rings. The van der Waals surface area contributed by atoms with Gasteiger partial charge in [-0.25, -0.2) is 4.39 Å². The Balaban J connectivity index is 1.86. The summed E-state index contributed by atoms with van der Waals surface area (Å²) in [4.78, 5) is 3.34. The molecule has 1 aliphatic rings. The largest absolute Gasteiger partial charge is 0.358 e. The lowest BCUT2D eigenvalue weighted by atomic mass is 10.1. The average molecular weight is 299 g/mol. The van der Waals surface area contributed by atoms with Crippen molar-refractivity contribution in [3.63, 3.8) is 0 Å². The van der Waals surface area contributed by atoms with Gasteiger partial charge in [-0.3, -0.25) is 0 Å². The van der Waals surface area contributed by atoms with Gasteiger partial charge in [0.15, 0.2) is 0 Å². The smallest absolute Gasteiger partial charge is 0.123 e. The Bertz CT molecular complexity index is 869. The van der Waals surface area contributed by atoms with E-state index in [0.717, 1.165) is 33.9 Å². The topological polar surface area (TPSA) is 32.9 Å². The number of nitrogens with one attached hydrogen (secondary N) is 1. The minimum atomic E-state index is -2.43. The summed E-state index contributed by atoms with van der Waals surface area (Å²) in [5.74, 6) is -0.246. The highest BCUT2D eigenvalue weighted by atomic mass is 31.2. The molecule has 0 saturated heterocycles. The summed E-state index contributed by atoms with van der Waals surface area (Å²) in [6.45, 7) is 0. The molecule has 0 bridgehead atoms. The first-order chi connectivity index (χ1) is 10.2. The highest BCUT2D eigenvalue weighted by Gasteiger charge is 2.32. The predicted molar refractivity (Wildman–Crippen MR) is 84.2 cm³/mol. The summed E-state index contributed by atoms with van der Waals surface area (Å²) < 4.78 is 26.8. The lowest BCUT2D eigenvalue weighted by molar-refractivity contribution is 0.578. The second-order valence-corrected chi connectivity index (χ2v) is 8.69. The summed E-state index contributed by atoms with van der Waals surface area (Å²) in [6.07, 6.45) is 1.97. The number of fused-ring (bicyclic) bond motifs is 3. The molecule has 21 heavy (non-hydrogen) atoms. The second kappa shape index (κ2) is 4.57. The Morgan fingerprint density at radius 2 is 1.90 bits per heavy atom. The Hall–Kier alpha value is -1.86. The molecule has 0 aliphatic carbocycles. The van der Waals surface area contributed by atoms with Gasteiger partial charge in [-0.2, -0.15) is 0 Å². The quantitative estimate of drug-likeness (QED) is 0.676. The van der Waals surface area contributed by atoms with E-state index in [1.807, 2.05) is 30.3 Å². The molecule has 2 nitrogen and oxygen atoms in total. The molecule has 106 valence electrons. The Kier molecular flexibility index (Phi) is 2.80. The minimum Gasteiger partial charge on any atom is -0.358 e. The van der Waals surface area contributed by atoms with Crippen molar-refractivity contribution in [1.29, 1.82) is 0 Å². The maximum atomic E-state index is 13.5. The summed E-state index contributed by atoms with van der Waals surface area (Å²) in [5, 5.41) is 1.81. The van der Waals surface area contributed by atoms with E-state index in [9.17, 15) is 8.96 Å². The van der Waals surface area contributed by atoms with Gasteiger partial charge < -0.3 is 9.55 Å². The maximum Gasteiger partial charge on any atom is 0.123 e. The van der Waals surface area contributed by atoms with Crippen LogP contribution in [0.5, 0.6) is 0 Å². The van der Waals surface area contributed by atoms with E-state index in [-0.39, 0.29) is 5.82 Å². The van der Waals surface area contributed by atoms with Crippen LogP contribution in [0.1, 0.15) is 11.3 Å². The third-order valence-electron chi connectivity index (χ3n) is 4.32. The van der Waals surface area contributed by atoms with Crippen molar-refractivity contribution >= 4 is 23.3 Å². The summed E-state index contributed by atoms with van der Waals surface area (Å²) in [6, 6.07) is 14.5. The van der Waals surface area contributed by atoms with Crippen LogP contribution in [0.2, 0.25) is 0 Å². The molecule has 4 rings (SSSR count). The van der Waals surface area contributed by atoms with Crippen molar-refractivity contribution in [1.82, 2.24) is 4.98 Å². The number of aryl methyl sites for hydroxylation is 1. The van der Waals surface area contributed by atoms with Crippen LogP contribution in [0, 0.1) is 5.82 Å². The van der Waals surface area contributed by atoms with E-state index in [2.05, 4.69) is 4.98 Å². The van der Waals surface area contributed by atoms with Crippen LogP contribution < -0.4 is 5.30 Å². The summed E-state index contributed by atoms with van der Waals surface area (Å²) in [7, 11) is -2.43. The number of hydrogen-bond acceptors (Lipinski definition) is 1. The Morgan fingerprint density at radius 3 is 2.71 bits per heavy atom. The average Bonchev–Trinajstić information content (AvgIpc) is 2.85. The first kappa shape index (κ1) is 12.8. The van der Waals surface area contributed by atoms with Gasteiger partial charge in [-0.05, 0) is 30.2 Å². The SMILES string of the molecule is O=P1(c2ccccc2)CCc2[nH]c3ccc(F)cc3c2C1. The molecule has 1 unspecified atom stereocenters. The van der Waals surface area contributed by atoms with Crippen LogP contribution in [0.3, 0.4) is 0 Å². The van der Waals surface area contributed by atoms with Crippen LogP contribution in [0.25, 0.3) is 10.9 Å². The van der Waals surface area contributed by atoms with E-state index in [1.165, 1.54) is 6.07 Å². The van der Waals surface area contributed by atoms with Gasteiger partial charge in [0, 0.05) is 34.2 Å². The third-order valence-corrected chi connectivity index (χ3v) is 7.33. The minimum absolute atomic E-state index is 0.246. The van der Waals surface area contributed by atoms with Crippen molar-refractivity contribution < 1.29 is 8.96 Å². The van der Waals surface area contributed by atoms with Crippen molar-refractivity contribution in [2.75, 3.05) is 6.16 Å². The van der Waals surface area contributed by atoms with Crippen molar-refractivity contribution in [3.8, 4) is 0 Å². The lowest BCUT2D eigenvalue weighted by Gasteiger charge is -2.23. The van der Waals surface area contributed by atoms with E-state index < -0.39 is 7.14 Å². The number of aromatic nitrogens is 1. The van der Waals surface area contributed by atoms with Gasteiger partial charge in [0.05, 0.1) is 0 Å². The molecule has 0 fully saturated rings. The zero-order valence-electron chi connectivity index (χ0n) is 11.5. The molecular weight excluding hydrogens is 284 g/mol. The van der Waals surface area contributed by atoms with Crippen molar-refractivity contribution in [2.24, 2.45) is 0 Å². The first-order valence-electron chi connectivity index (χ1n) is 7.08. The molecule has 0 amide bonds. The molecule has 1 aliphatic heterocycles. The van der Waals surface area contributed by atoms with Gasteiger partial charge in [0.25, 0.3) is 0 Å². The number of halogens is 1. The van der Waals surface area contributed by atoms with E-state index >= 15 is 0 Å². The third kappa shape index (κ3) is 2.04. The van der Waals surface area contributed by atoms with Gasteiger partial charge >= 0.3 is 0 Å². The fraction of sp³-hybridized carbons (Fsp3) is 0.176. The predicted octanol–water partition coefficient (Wildman–Crippen LogP) is 4.05. The van der Waals surface area contributed by atoms with Crippen LogP contribution in [-0.4, -0.2) is 11.1 Å². The highest BCUT2D eigenvalue weighted by Crippen LogP contribution is 2.53. The molecule has 2 heterocycles. The Labute approximate surface area is 122 Å². The number of rotatable bonds is 1. The van der Waals surface area contributed by atoms with E-state index in [0.29, 0.717) is 12.3 Å². The monoisotopic (exact) mass is 299 g/mol. The standard InChI is InChI=1S/C17H15FNOP/c18-12-6-7-16-14(10-12)15-11-21(20,9-8-17(15)19-16)13-4-2-1-3-5-13/h1-7,10,19H,8-9,11H2. The number of H-pyrrole nitrogens is 1. The number of benzene rings is 2. The molecule has 4 heteroatoms. The molecular formula is C17H15FNOP. The fourth-order valence-electron chi connectivity index (χ4n) is 3.22. The molecule has 0 spiro atoms. The summed E-state index contributed by atoms with van der Waals surface area (Å²) in [5.41, 5.74) is 3.07. The molecule has 1 atom stereocenters. The van der Waals surface area contributed by atoms with Gasteiger partial charge in [-0.1, -0.05) is 30.3 Å². The van der Waals surface area contributed by atoms with Gasteiger partial charge in [0.1, 0.15) is 13.0 Å². The molecule has 0 radical (unpaired) electrons. The normalized spacial score (nSPS) is 21.4. The number of hydrogen-bond donors (Lipinski definition) is 1. The first-order valence-corrected chi connectivity index (χ1v) is 9.16. The summed E-state index contributed by atoms with van der Waals surface area (Å²) >= 11 is 0. The van der Waals surface area contributed by atoms with Crippen LogP contribution in [0.4, 0.5) is 4.39 Å². The molecule has 1 aromatic heterocycles. The second-order valence-electron chi connectivity index (χ2n) is 5.63. The maximum absolute atomic E-state index is 13.5. The highest BCUT2D eigenvalue weighted by molar-refractivity contribution is 7.70. The van der Waals surface area contributed by atoms with Crippen LogP contribution in [0.15, 0.2) is 48.5 Å². The van der Waals surface area contributed by atoms with Crippen molar-refractivity contribution in [2.45, 2.75) is 12.6 Å². The van der Waals surface area contributed by atoms with Crippen LogP contribution in [-0.2, 0) is 17.1 Å². The number of aromatic amines is 1. The van der Waals surface area contributed by atoms with Gasteiger partial charge in [0.2, 0.25) is 0 Å². The molecule has 2 aromatic carbocycles. The van der Waals surface area contributed by atoms with Crippen molar-refractivity contribution in [3.05, 3.63) is 65.6 Å².